The summed E-state index contributed by atoms with van der Waals surface area (Å²) in [5.41, 5.74) is 1.78. The van der Waals surface area contributed by atoms with Crippen molar-refractivity contribution >= 4 is 11.7 Å². The largest absolute Gasteiger partial charge is 0.355 e. The van der Waals surface area contributed by atoms with Crippen LogP contribution in [0, 0.1) is 5.92 Å². The molecule has 120 valence electrons. The second-order valence-corrected chi connectivity index (χ2v) is 6.97. The van der Waals surface area contributed by atoms with Crippen molar-refractivity contribution in [2.75, 3.05) is 18.0 Å². The van der Waals surface area contributed by atoms with Gasteiger partial charge < -0.3 is 10.2 Å². The fraction of sp³-hybridized carbons (Fsp3) is 0.389. The zero-order valence-electron chi connectivity index (χ0n) is 13.8. The van der Waals surface area contributed by atoms with Gasteiger partial charge in [0.15, 0.2) is 0 Å². The Kier molecular flexibility index (Phi) is 4.03. The van der Waals surface area contributed by atoms with Gasteiger partial charge in [0.1, 0.15) is 12.1 Å². The van der Waals surface area contributed by atoms with Crippen LogP contribution in [0.15, 0.2) is 42.7 Å². The van der Waals surface area contributed by atoms with E-state index in [0.717, 1.165) is 17.1 Å². The number of carbonyl (C=O) groups is 1. The molecule has 1 amide bonds. The van der Waals surface area contributed by atoms with Gasteiger partial charge in [-0.3, -0.25) is 4.79 Å². The highest BCUT2D eigenvalue weighted by Crippen LogP contribution is 2.26. The number of amides is 1. The number of benzene rings is 1. The smallest absolute Gasteiger partial charge is 0.227 e. The molecule has 0 spiro atoms. The number of rotatable bonds is 3. The Morgan fingerprint density at radius 1 is 1.17 bits per heavy atom. The quantitative estimate of drug-likeness (QED) is 0.946. The number of aromatic nitrogens is 2. The summed E-state index contributed by atoms with van der Waals surface area (Å²) >= 11 is 0. The van der Waals surface area contributed by atoms with Gasteiger partial charge in [0.2, 0.25) is 5.91 Å². The first-order chi connectivity index (χ1) is 10.9. The third-order valence-corrected chi connectivity index (χ3v) is 3.80. The van der Waals surface area contributed by atoms with Crippen molar-refractivity contribution in [3.8, 4) is 11.3 Å². The maximum absolute atomic E-state index is 12.1. The van der Waals surface area contributed by atoms with E-state index >= 15 is 0 Å². The Morgan fingerprint density at radius 3 is 2.52 bits per heavy atom. The summed E-state index contributed by atoms with van der Waals surface area (Å²) in [5, 5.41) is 3.03. The van der Waals surface area contributed by atoms with Crippen LogP contribution in [0.2, 0.25) is 0 Å². The Bertz CT molecular complexity index is 688. The third kappa shape index (κ3) is 3.67. The normalized spacial score (nSPS) is 15.2. The number of hydrogen-bond donors (Lipinski definition) is 1. The molecule has 1 aromatic heterocycles. The summed E-state index contributed by atoms with van der Waals surface area (Å²) in [6.07, 6.45) is 1.58. The van der Waals surface area contributed by atoms with Gasteiger partial charge in [-0.2, -0.15) is 0 Å². The van der Waals surface area contributed by atoms with Crippen molar-refractivity contribution in [1.82, 2.24) is 15.3 Å². The summed E-state index contributed by atoms with van der Waals surface area (Å²) < 4.78 is 0. The lowest BCUT2D eigenvalue weighted by molar-refractivity contribution is -0.127. The zero-order chi connectivity index (χ0) is 16.4. The van der Waals surface area contributed by atoms with Gasteiger partial charge in [0.05, 0.1) is 11.6 Å². The first-order valence-electron chi connectivity index (χ1n) is 7.87. The fourth-order valence-electron chi connectivity index (χ4n) is 2.59. The van der Waals surface area contributed by atoms with E-state index in [4.69, 9.17) is 0 Å². The molecule has 0 saturated carbocycles. The van der Waals surface area contributed by atoms with Crippen LogP contribution >= 0.6 is 0 Å². The molecule has 1 aliphatic heterocycles. The van der Waals surface area contributed by atoms with E-state index in [1.54, 1.807) is 6.33 Å². The molecule has 0 bridgehead atoms. The van der Waals surface area contributed by atoms with Gasteiger partial charge in [-0.1, -0.05) is 30.3 Å². The van der Waals surface area contributed by atoms with E-state index in [0.29, 0.717) is 13.1 Å². The summed E-state index contributed by atoms with van der Waals surface area (Å²) in [7, 11) is 0. The Labute approximate surface area is 136 Å². The van der Waals surface area contributed by atoms with Crippen LogP contribution in [0.1, 0.15) is 20.8 Å². The highest BCUT2D eigenvalue weighted by Gasteiger charge is 2.34. The van der Waals surface area contributed by atoms with Crippen molar-refractivity contribution < 1.29 is 4.79 Å². The molecule has 2 heterocycles. The second-order valence-electron chi connectivity index (χ2n) is 6.97. The molecule has 1 N–H and O–H groups in total. The molecule has 5 nitrogen and oxygen atoms in total. The van der Waals surface area contributed by atoms with Crippen molar-refractivity contribution in [2.45, 2.75) is 26.3 Å². The van der Waals surface area contributed by atoms with Crippen LogP contribution in [0.4, 0.5) is 5.82 Å². The first-order valence-corrected chi connectivity index (χ1v) is 7.87. The van der Waals surface area contributed by atoms with E-state index in [1.165, 1.54) is 0 Å². The number of hydrogen-bond acceptors (Lipinski definition) is 4. The van der Waals surface area contributed by atoms with E-state index in [1.807, 2.05) is 57.2 Å². The highest BCUT2D eigenvalue weighted by atomic mass is 16.2. The molecule has 0 atom stereocenters. The molecule has 1 aliphatic rings. The standard InChI is InChI=1S/C18H22N4O/c1-18(2,3)21-17(23)14-10-22(11-14)16-9-15(19-12-20-16)13-7-5-4-6-8-13/h4-9,12,14H,10-11H2,1-3H3,(H,21,23). The highest BCUT2D eigenvalue weighted by molar-refractivity contribution is 5.82. The summed E-state index contributed by atoms with van der Waals surface area (Å²) in [6, 6.07) is 12.0. The summed E-state index contributed by atoms with van der Waals surface area (Å²) in [6.45, 7) is 7.40. The van der Waals surface area contributed by atoms with Crippen molar-refractivity contribution in [2.24, 2.45) is 5.92 Å². The van der Waals surface area contributed by atoms with E-state index in [2.05, 4.69) is 20.2 Å². The molecule has 1 fully saturated rings. The van der Waals surface area contributed by atoms with Crippen LogP contribution in [-0.4, -0.2) is 34.5 Å². The van der Waals surface area contributed by atoms with E-state index < -0.39 is 0 Å². The lowest BCUT2D eigenvalue weighted by Gasteiger charge is -2.40. The average Bonchev–Trinajstić information content (AvgIpc) is 2.45. The van der Waals surface area contributed by atoms with Gasteiger partial charge in [-0.15, -0.1) is 0 Å². The Balaban J connectivity index is 1.65. The van der Waals surface area contributed by atoms with E-state index in [-0.39, 0.29) is 17.4 Å². The lowest BCUT2D eigenvalue weighted by atomic mass is 9.97. The number of nitrogens with one attached hydrogen (secondary N) is 1. The molecule has 1 aromatic carbocycles. The van der Waals surface area contributed by atoms with E-state index in [9.17, 15) is 4.79 Å². The average molecular weight is 310 g/mol. The minimum absolute atomic E-state index is 0.0318. The van der Waals surface area contributed by atoms with Crippen molar-refractivity contribution in [3.05, 3.63) is 42.7 Å². The monoisotopic (exact) mass is 310 g/mol. The molecule has 2 aromatic rings. The minimum atomic E-state index is -0.188. The van der Waals surface area contributed by atoms with Gasteiger partial charge in [-0.05, 0) is 20.8 Å². The topological polar surface area (TPSA) is 58.1 Å². The van der Waals surface area contributed by atoms with Gasteiger partial charge in [0, 0.05) is 30.3 Å². The van der Waals surface area contributed by atoms with Gasteiger partial charge in [-0.25, -0.2) is 9.97 Å². The summed E-state index contributed by atoms with van der Waals surface area (Å²) in [4.78, 5) is 22.9. The Morgan fingerprint density at radius 2 is 1.87 bits per heavy atom. The number of carbonyl (C=O) groups excluding carboxylic acids is 1. The van der Waals surface area contributed by atoms with Crippen LogP contribution in [0.5, 0.6) is 0 Å². The van der Waals surface area contributed by atoms with Gasteiger partial charge >= 0.3 is 0 Å². The minimum Gasteiger partial charge on any atom is -0.355 e. The van der Waals surface area contributed by atoms with Crippen LogP contribution in [0.3, 0.4) is 0 Å². The molecule has 5 heteroatoms. The predicted octanol–water partition coefficient (Wildman–Crippen LogP) is 2.49. The maximum Gasteiger partial charge on any atom is 0.227 e. The van der Waals surface area contributed by atoms with Gasteiger partial charge in [0.25, 0.3) is 0 Å². The lowest BCUT2D eigenvalue weighted by Crippen LogP contribution is -2.56. The Hall–Kier alpha value is -2.43. The zero-order valence-corrected chi connectivity index (χ0v) is 13.8. The number of nitrogens with zero attached hydrogens (tertiary/aromatic N) is 3. The predicted molar refractivity (Wildman–Crippen MR) is 91.1 cm³/mol. The number of anilines is 1. The second kappa shape index (κ2) is 5.99. The molecular formula is C18H22N4O. The summed E-state index contributed by atoms with van der Waals surface area (Å²) in [5.74, 6) is 1.02. The molecule has 23 heavy (non-hydrogen) atoms. The third-order valence-electron chi connectivity index (χ3n) is 3.80. The first kappa shape index (κ1) is 15.5. The molecule has 0 aliphatic carbocycles. The molecule has 0 unspecified atom stereocenters. The SMILES string of the molecule is CC(C)(C)NC(=O)C1CN(c2cc(-c3ccccc3)ncn2)C1. The maximum atomic E-state index is 12.1. The molecule has 3 rings (SSSR count). The van der Waals surface area contributed by atoms with Crippen molar-refractivity contribution in [1.29, 1.82) is 0 Å². The molecular weight excluding hydrogens is 288 g/mol. The van der Waals surface area contributed by atoms with Crippen LogP contribution in [-0.2, 0) is 4.79 Å². The van der Waals surface area contributed by atoms with Crippen LogP contribution in [0.25, 0.3) is 11.3 Å². The fourth-order valence-corrected chi connectivity index (χ4v) is 2.59. The molecule has 1 saturated heterocycles. The molecule has 0 radical (unpaired) electrons. The van der Waals surface area contributed by atoms with Crippen molar-refractivity contribution in [3.63, 3.8) is 0 Å². The van der Waals surface area contributed by atoms with Crippen LogP contribution < -0.4 is 10.2 Å².